The molecule has 0 aromatic heterocycles. The summed E-state index contributed by atoms with van der Waals surface area (Å²) in [6.45, 7) is 3.84. The highest BCUT2D eigenvalue weighted by Crippen LogP contribution is 2.30. The van der Waals surface area contributed by atoms with Gasteiger partial charge in [0, 0.05) is 31.4 Å². The molecule has 1 N–H and O–H groups in total. The molecule has 0 radical (unpaired) electrons. The summed E-state index contributed by atoms with van der Waals surface area (Å²) in [7, 11) is 1.11. The van der Waals surface area contributed by atoms with Crippen LogP contribution in [0.5, 0.6) is 0 Å². The van der Waals surface area contributed by atoms with Gasteiger partial charge in [-0.25, -0.2) is 9.59 Å². The van der Waals surface area contributed by atoms with Crippen LogP contribution in [0.3, 0.4) is 0 Å². The smallest absolute Gasteiger partial charge is 0.333 e. The van der Waals surface area contributed by atoms with Crippen LogP contribution in [-0.4, -0.2) is 79.4 Å². The maximum atomic E-state index is 12.1. The lowest BCUT2D eigenvalue weighted by Crippen LogP contribution is -2.63. The van der Waals surface area contributed by atoms with E-state index in [0.717, 1.165) is 19.3 Å². The third kappa shape index (κ3) is 7.93. The maximum absolute atomic E-state index is 12.1. The monoisotopic (exact) mass is 460 g/mol. The number of rotatable bonds is 10. The Hall–Kier alpha value is -2.99. The zero-order chi connectivity index (χ0) is 24.3. The quantitative estimate of drug-likeness (QED) is 0.263. The molecule has 0 aliphatic carbocycles. The fourth-order valence-corrected chi connectivity index (χ4v) is 2.59. The molecule has 1 aliphatic heterocycles. The molecular formula is C20H28O12. The second-order valence-electron chi connectivity index (χ2n) is 6.44. The third-order valence-electron chi connectivity index (χ3n) is 4.23. The number of carbonyl (C=O) groups excluding carboxylic acids is 5. The lowest BCUT2D eigenvalue weighted by atomic mass is 9.98. The number of hydrogen-bond donors (Lipinski definition) is 1. The summed E-state index contributed by atoms with van der Waals surface area (Å²) in [4.78, 5) is 59.3. The molecule has 1 rings (SSSR count). The molecule has 12 heteroatoms. The van der Waals surface area contributed by atoms with E-state index >= 15 is 0 Å². The summed E-state index contributed by atoms with van der Waals surface area (Å²) in [5.74, 6) is -4.05. The Balaban J connectivity index is 3.31. The van der Waals surface area contributed by atoms with Crippen LogP contribution < -0.4 is 0 Å². The Morgan fingerprint density at radius 1 is 0.750 bits per heavy atom. The molecule has 0 bridgehead atoms. The fourth-order valence-electron chi connectivity index (χ4n) is 2.59. The fraction of sp³-hybridized carbons (Fsp3) is 0.650. The molecule has 32 heavy (non-hydrogen) atoms. The summed E-state index contributed by atoms with van der Waals surface area (Å²) < 4.78 is 30.9. The first-order valence-electron chi connectivity index (χ1n) is 10.0. The summed E-state index contributed by atoms with van der Waals surface area (Å²) >= 11 is 0. The Bertz CT molecular complexity index is 715. The molecule has 1 aliphatic rings. The Kier molecular flexibility index (Phi) is 11.3. The summed E-state index contributed by atoms with van der Waals surface area (Å²) in [6.07, 6.45) is -5.86. The normalized spacial score (nSPS) is 25.0. The number of hydrogen-bond acceptors (Lipinski definition) is 12. The van der Waals surface area contributed by atoms with Crippen molar-refractivity contribution < 1.29 is 57.5 Å². The zero-order valence-electron chi connectivity index (χ0n) is 18.3. The molecule has 1 heterocycles. The van der Waals surface area contributed by atoms with Crippen molar-refractivity contribution in [3.8, 4) is 0 Å². The lowest BCUT2D eigenvalue weighted by Gasteiger charge is -2.43. The minimum Gasteiger partial charge on any atom is -0.466 e. The summed E-state index contributed by atoms with van der Waals surface area (Å²) in [6, 6.07) is 0. The van der Waals surface area contributed by atoms with Gasteiger partial charge < -0.3 is 33.5 Å². The number of esters is 5. The Morgan fingerprint density at radius 3 is 1.69 bits per heavy atom. The van der Waals surface area contributed by atoms with Crippen LogP contribution in [0, 0.1) is 0 Å². The molecule has 0 unspecified atom stereocenters. The minimum atomic E-state index is -1.65. The van der Waals surface area contributed by atoms with Crippen LogP contribution in [0.4, 0.5) is 0 Å². The van der Waals surface area contributed by atoms with Crippen molar-refractivity contribution in [2.45, 2.75) is 70.7 Å². The van der Waals surface area contributed by atoms with Crippen LogP contribution in [-0.2, 0) is 52.4 Å². The van der Waals surface area contributed by atoms with Crippen molar-refractivity contribution in [3.63, 3.8) is 0 Å². The van der Waals surface area contributed by atoms with Crippen LogP contribution in [0.25, 0.3) is 0 Å². The number of ether oxygens (including phenoxy) is 6. The molecule has 0 spiro atoms. The number of carbonyl (C=O) groups is 5. The van der Waals surface area contributed by atoms with Crippen molar-refractivity contribution in [1.29, 1.82) is 0 Å². The molecule has 180 valence electrons. The first kappa shape index (κ1) is 27.0. The highest BCUT2D eigenvalue weighted by atomic mass is 16.7. The van der Waals surface area contributed by atoms with Crippen molar-refractivity contribution in [2.75, 3.05) is 13.7 Å². The van der Waals surface area contributed by atoms with Gasteiger partial charge in [-0.1, -0.05) is 20.8 Å². The van der Waals surface area contributed by atoms with Crippen molar-refractivity contribution in [1.82, 2.24) is 0 Å². The summed E-state index contributed by atoms with van der Waals surface area (Å²) in [5, 5.41) is 9.75. The molecule has 0 saturated carbocycles. The topological polar surface area (TPSA) is 161 Å². The molecule has 5 atom stereocenters. The predicted octanol–water partition coefficient (Wildman–Crippen LogP) is -0.0586. The van der Waals surface area contributed by atoms with Gasteiger partial charge in [-0.2, -0.15) is 0 Å². The van der Waals surface area contributed by atoms with Crippen LogP contribution in [0.2, 0.25) is 0 Å². The van der Waals surface area contributed by atoms with Gasteiger partial charge in [0.15, 0.2) is 12.2 Å². The van der Waals surface area contributed by atoms with Gasteiger partial charge in [-0.15, -0.1) is 0 Å². The van der Waals surface area contributed by atoms with Gasteiger partial charge in [0.05, 0.1) is 13.7 Å². The van der Waals surface area contributed by atoms with Crippen LogP contribution in [0.1, 0.15) is 40.0 Å². The lowest BCUT2D eigenvalue weighted by molar-refractivity contribution is -0.299. The van der Waals surface area contributed by atoms with E-state index in [-0.39, 0.29) is 19.3 Å². The zero-order valence-corrected chi connectivity index (χ0v) is 18.3. The van der Waals surface area contributed by atoms with E-state index in [2.05, 4.69) is 4.74 Å². The van der Waals surface area contributed by atoms with Gasteiger partial charge in [-0.3, -0.25) is 14.4 Å². The van der Waals surface area contributed by atoms with Crippen LogP contribution >= 0.6 is 0 Å². The van der Waals surface area contributed by atoms with Gasteiger partial charge in [-0.05, 0) is 0 Å². The number of aliphatic hydroxyl groups is 1. The second kappa shape index (κ2) is 13.4. The highest BCUT2D eigenvalue weighted by molar-refractivity contribution is 5.91. The van der Waals surface area contributed by atoms with Crippen molar-refractivity contribution in [2.24, 2.45) is 0 Å². The van der Waals surface area contributed by atoms with E-state index in [4.69, 9.17) is 23.7 Å². The SMILES string of the molecule is CCC(=O)O[C@@H]1[C@@H](OC(=O)CC)[C@@H](OC(=O)/C=C/C(=O)OC)O[C@H](CO)[C@H]1OC(=O)CC. The van der Waals surface area contributed by atoms with Gasteiger partial charge in [0.25, 0.3) is 0 Å². The minimum absolute atomic E-state index is 0.0285. The average Bonchev–Trinajstić information content (AvgIpc) is 2.79. The molecule has 0 aromatic carbocycles. The number of aliphatic hydroxyl groups excluding tert-OH is 1. The van der Waals surface area contributed by atoms with Crippen molar-refractivity contribution in [3.05, 3.63) is 12.2 Å². The predicted molar refractivity (Wildman–Crippen MR) is 104 cm³/mol. The third-order valence-corrected chi connectivity index (χ3v) is 4.23. The maximum Gasteiger partial charge on any atom is 0.333 e. The molecule has 0 amide bonds. The van der Waals surface area contributed by atoms with Gasteiger partial charge >= 0.3 is 29.8 Å². The largest absolute Gasteiger partial charge is 0.466 e. The molecule has 0 aromatic rings. The molecule has 1 saturated heterocycles. The van der Waals surface area contributed by atoms with Gasteiger partial charge in [0.1, 0.15) is 6.10 Å². The average molecular weight is 460 g/mol. The van der Waals surface area contributed by atoms with E-state index in [9.17, 15) is 29.1 Å². The Labute approximate surface area is 184 Å². The van der Waals surface area contributed by atoms with E-state index < -0.39 is 67.2 Å². The number of methoxy groups -OCH3 is 1. The van der Waals surface area contributed by atoms with E-state index in [1.807, 2.05) is 0 Å². The molecule has 12 nitrogen and oxygen atoms in total. The standard InChI is InChI=1S/C20H28O12/c1-5-12(22)29-17-11(10-21)28-20(32-16(26)9-8-15(25)27-4)19(31-14(24)7-3)18(17)30-13(23)6-2/h8-9,11,17-21H,5-7,10H2,1-4H3/b9-8+/t11-,17-,18+,19-,20-/m1/s1. The first-order valence-corrected chi connectivity index (χ1v) is 10.0. The molecule has 1 fully saturated rings. The van der Waals surface area contributed by atoms with Gasteiger partial charge in [0.2, 0.25) is 12.4 Å². The summed E-state index contributed by atoms with van der Waals surface area (Å²) in [5.41, 5.74) is 0. The van der Waals surface area contributed by atoms with Crippen molar-refractivity contribution >= 4 is 29.8 Å². The van der Waals surface area contributed by atoms with E-state index in [1.165, 1.54) is 20.8 Å². The first-order chi connectivity index (χ1) is 15.2. The highest BCUT2D eigenvalue weighted by Gasteiger charge is 2.53. The Morgan fingerprint density at radius 2 is 1.22 bits per heavy atom. The van der Waals surface area contributed by atoms with E-state index in [1.54, 1.807) is 0 Å². The second-order valence-corrected chi connectivity index (χ2v) is 6.44. The van der Waals surface area contributed by atoms with Crippen LogP contribution in [0.15, 0.2) is 12.2 Å². The molecular weight excluding hydrogens is 432 g/mol. The van der Waals surface area contributed by atoms with E-state index in [0.29, 0.717) is 0 Å².